The summed E-state index contributed by atoms with van der Waals surface area (Å²) in [6.45, 7) is 11.5. The number of rotatable bonds is 4. The number of hydrogen-bond acceptors (Lipinski definition) is 3. The van der Waals surface area contributed by atoms with Crippen LogP contribution < -0.4 is 9.88 Å². The molecule has 1 rings (SSSR count). The molecule has 0 aliphatic heterocycles. The largest absolute Gasteiger partial charge is 0.486 e. The van der Waals surface area contributed by atoms with Gasteiger partial charge in [0.2, 0.25) is 10.0 Å². The Labute approximate surface area is 115 Å². The first-order valence-corrected chi connectivity index (χ1v) is 7.57. The van der Waals surface area contributed by atoms with Gasteiger partial charge in [-0.3, -0.25) is 0 Å². The predicted molar refractivity (Wildman–Crippen MR) is 76.8 cm³/mol. The Balaban J connectivity index is 3.37. The minimum absolute atomic E-state index is 0.0935. The first-order valence-electron chi connectivity index (χ1n) is 6.02. The minimum atomic E-state index is -3.71. The Bertz CT molecular complexity index is 571. The third-order valence-corrected chi connectivity index (χ3v) is 3.64. The van der Waals surface area contributed by atoms with Gasteiger partial charge in [-0.2, -0.15) is 0 Å². The Morgan fingerprint density at radius 1 is 1.37 bits per heavy atom. The summed E-state index contributed by atoms with van der Waals surface area (Å²) < 4.78 is 28.6. The molecule has 0 radical (unpaired) electrons. The molecule has 106 valence electrons. The normalized spacial score (nSPS) is 13.9. The van der Waals surface area contributed by atoms with E-state index in [1.165, 1.54) is 6.07 Å². The average Bonchev–Trinajstić information content (AvgIpc) is 2.26. The smallest absolute Gasteiger partial charge is 0.238 e. The molecule has 0 fully saturated rings. The van der Waals surface area contributed by atoms with Crippen LogP contribution in [0.5, 0.6) is 5.75 Å². The lowest BCUT2D eigenvalue weighted by molar-refractivity contribution is 0.263. The molecule has 0 bridgehead atoms. The molecule has 0 heterocycles. The van der Waals surface area contributed by atoms with E-state index in [1.807, 2.05) is 27.7 Å². The van der Waals surface area contributed by atoms with Gasteiger partial charge in [-0.05, 0) is 30.5 Å². The molecule has 1 unspecified atom stereocenters. The van der Waals surface area contributed by atoms with E-state index in [2.05, 4.69) is 6.58 Å². The zero-order chi connectivity index (χ0) is 14.8. The van der Waals surface area contributed by atoms with E-state index in [1.54, 1.807) is 18.2 Å². The quantitative estimate of drug-likeness (QED) is 0.863. The van der Waals surface area contributed by atoms with Crippen molar-refractivity contribution in [1.29, 1.82) is 0 Å². The summed E-state index contributed by atoms with van der Waals surface area (Å²) in [5.41, 5.74) is 0.546. The van der Waals surface area contributed by atoms with E-state index in [4.69, 9.17) is 9.88 Å². The molecule has 4 nitrogen and oxygen atoms in total. The van der Waals surface area contributed by atoms with Crippen molar-refractivity contribution in [1.82, 2.24) is 0 Å². The molecule has 0 saturated carbocycles. The average molecular weight is 283 g/mol. The van der Waals surface area contributed by atoms with Crippen LogP contribution in [0.1, 0.15) is 33.3 Å². The fraction of sp³-hybridized carbons (Fsp3) is 0.429. The van der Waals surface area contributed by atoms with Crippen LogP contribution in [-0.4, -0.2) is 14.5 Å². The third kappa shape index (κ3) is 4.08. The standard InChI is InChI=1S/C14H21NO3S/c1-6-10(2)18-13-8-7-11(19(15,16)17)9-12(13)14(3,4)5/h6-10H,1H2,2-5H3,(H2,15,16,17). The maximum absolute atomic E-state index is 11.4. The highest BCUT2D eigenvalue weighted by molar-refractivity contribution is 7.89. The molecule has 0 aliphatic rings. The van der Waals surface area contributed by atoms with Crippen molar-refractivity contribution in [2.24, 2.45) is 5.14 Å². The Hall–Kier alpha value is -1.33. The topological polar surface area (TPSA) is 69.4 Å². The monoisotopic (exact) mass is 283 g/mol. The van der Waals surface area contributed by atoms with Gasteiger partial charge in [-0.15, -0.1) is 0 Å². The van der Waals surface area contributed by atoms with E-state index in [0.29, 0.717) is 5.75 Å². The molecule has 0 amide bonds. The van der Waals surface area contributed by atoms with E-state index >= 15 is 0 Å². The molecule has 0 spiro atoms. The Kier molecular flexibility index (Phi) is 4.43. The zero-order valence-corrected chi connectivity index (χ0v) is 12.6. The molecule has 2 N–H and O–H groups in total. The molecule has 1 aromatic rings. The van der Waals surface area contributed by atoms with Crippen molar-refractivity contribution >= 4 is 10.0 Å². The van der Waals surface area contributed by atoms with Crippen LogP contribution >= 0.6 is 0 Å². The summed E-state index contributed by atoms with van der Waals surface area (Å²) in [6.07, 6.45) is 1.53. The second kappa shape index (κ2) is 5.35. The molecular weight excluding hydrogens is 262 g/mol. The number of primary sulfonamides is 1. The van der Waals surface area contributed by atoms with Gasteiger partial charge in [0.05, 0.1) is 4.90 Å². The second-order valence-electron chi connectivity index (χ2n) is 5.51. The van der Waals surface area contributed by atoms with Crippen molar-refractivity contribution in [3.63, 3.8) is 0 Å². The Morgan fingerprint density at radius 2 is 1.95 bits per heavy atom. The summed E-state index contributed by atoms with van der Waals surface area (Å²) in [5, 5.41) is 5.16. The van der Waals surface area contributed by atoms with Gasteiger partial charge in [-0.1, -0.05) is 33.4 Å². The van der Waals surface area contributed by atoms with Crippen molar-refractivity contribution in [2.45, 2.75) is 44.1 Å². The van der Waals surface area contributed by atoms with Gasteiger partial charge in [-0.25, -0.2) is 13.6 Å². The fourth-order valence-electron chi connectivity index (χ4n) is 1.62. The third-order valence-electron chi connectivity index (χ3n) is 2.73. The lowest BCUT2D eigenvalue weighted by Crippen LogP contribution is -2.19. The van der Waals surface area contributed by atoms with Gasteiger partial charge in [0, 0.05) is 5.56 Å². The highest BCUT2D eigenvalue weighted by Gasteiger charge is 2.22. The van der Waals surface area contributed by atoms with E-state index in [-0.39, 0.29) is 16.4 Å². The maximum Gasteiger partial charge on any atom is 0.238 e. The van der Waals surface area contributed by atoms with Crippen molar-refractivity contribution in [3.8, 4) is 5.75 Å². The van der Waals surface area contributed by atoms with Gasteiger partial charge >= 0.3 is 0 Å². The molecule has 0 aliphatic carbocycles. The van der Waals surface area contributed by atoms with Crippen LogP contribution in [0.15, 0.2) is 35.7 Å². The number of benzene rings is 1. The van der Waals surface area contributed by atoms with Gasteiger partial charge < -0.3 is 4.74 Å². The SMILES string of the molecule is C=CC(C)Oc1ccc(S(N)(=O)=O)cc1C(C)(C)C. The van der Waals surface area contributed by atoms with Crippen molar-refractivity contribution in [2.75, 3.05) is 0 Å². The first kappa shape index (κ1) is 15.7. The number of hydrogen-bond donors (Lipinski definition) is 1. The van der Waals surface area contributed by atoms with Crippen LogP contribution in [0.2, 0.25) is 0 Å². The lowest BCUT2D eigenvalue weighted by Gasteiger charge is -2.24. The lowest BCUT2D eigenvalue weighted by atomic mass is 9.86. The van der Waals surface area contributed by atoms with Crippen LogP contribution in [0.3, 0.4) is 0 Å². The zero-order valence-electron chi connectivity index (χ0n) is 11.8. The summed E-state index contributed by atoms with van der Waals surface area (Å²) >= 11 is 0. The number of nitrogens with two attached hydrogens (primary N) is 1. The first-order chi connectivity index (χ1) is 8.55. The van der Waals surface area contributed by atoms with Crippen LogP contribution in [-0.2, 0) is 15.4 Å². The minimum Gasteiger partial charge on any atom is -0.486 e. The van der Waals surface area contributed by atoms with Crippen LogP contribution in [0, 0.1) is 0 Å². The van der Waals surface area contributed by atoms with E-state index < -0.39 is 10.0 Å². The van der Waals surface area contributed by atoms with E-state index in [0.717, 1.165) is 5.56 Å². The van der Waals surface area contributed by atoms with Crippen LogP contribution in [0.4, 0.5) is 0 Å². The van der Waals surface area contributed by atoms with Gasteiger partial charge in [0.1, 0.15) is 11.9 Å². The van der Waals surface area contributed by atoms with Crippen molar-refractivity contribution in [3.05, 3.63) is 36.4 Å². The molecular formula is C14H21NO3S. The van der Waals surface area contributed by atoms with E-state index in [9.17, 15) is 8.42 Å². The Morgan fingerprint density at radius 3 is 2.37 bits per heavy atom. The molecule has 0 saturated heterocycles. The highest BCUT2D eigenvalue weighted by Crippen LogP contribution is 2.33. The highest BCUT2D eigenvalue weighted by atomic mass is 32.2. The summed E-state index contributed by atoms with van der Waals surface area (Å²) in [7, 11) is -3.71. The molecule has 0 aromatic heterocycles. The number of ether oxygens (including phenoxy) is 1. The second-order valence-corrected chi connectivity index (χ2v) is 7.07. The molecule has 1 atom stereocenters. The molecule has 1 aromatic carbocycles. The van der Waals surface area contributed by atoms with Crippen molar-refractivity contribution < 1.29 is 13.2 Å². The summed E-state index contributed by atoms with van der Waals surface area (Å²) in [4.78, 5) is 0.0935. The van der Waals surface area contributed by atoms with Gasteiger partial charge in [0.15, 0.2) is 0 Å². The summed E-state index contributed by atoms with van der Waals surface area (Å²) in [6, 6.07) is 4.66. The van der Waals surface area contributed by atoms with Crippen LogP contribution in [0.25, 0.3) is 0 Å². The molecule has 19 heavy (non-hydrogen) atoms. The fourth-order valence-corrected chi connectivity index (χ4v) is 2.16. The predicted octanol–water partition coefficient (Wildman–Crippen LogP) is 2.58. The van der Waals surface area contributed by atoms with Gasteiger partial charge in [0.25, 0.3) is 0 Å². The number of sulfonamides is 1. The maximum atomic E-state index is 11.4. The summed E-state index contributed by atoms with van der Waals surface area (Å²) in [5.74, 6) is 0.646. The molecule has 5 heteroatoms.